The summed E-state index contributed by atoms with van der Waals surface area (Å²) in [6.07, 6.45) is 0.919. The smallest absolute Gasteiger partial charge is 0.237 e. The minimum Gasteiger partial charge on any atom is -0.384 e. The molecule has 3 N–H and O–H groups in total. The number of hydrogen-bond donors (Lipinski definition) is 2. The van der Waals surface area contributed by atoms with Gasteiger partial charge in [-0.05, 0) is 11.8 Å². The SMILES string of the molecule is CC[C@H](C)[C@H](N)C(=O)NCC(C)COC. The minimum absolute atomic E-state index is 0.0627. The summed E-state index contributed by atoms with van der Waals surface area (Å²) in [7, 11) is 1.66. The van der Waals surface area contributed by atoms with Crippen LogP contribution >= 0.6 is 0 Å². The molecular formula is C11H24N2O2. The highest BCUT2D eigenvalue weighted by molar-refractivity contribution is 5.81. The first kappa shape index (κ1) is 14.4. The molecule has 0 aromatic rings. The number of carbonyl (C=O) groups excluding carboxylic acids is 1. The van der Waals surface area contributed by atoms with Crippen LogP contribution in [0.5, 0.6) is 0 Å². The van der Waals surface area contributed by atoms with E-state index in [0.29, 0.717) is 19.1 Å². The van der Waals surface area contributed by atoms with E-state index >= 15 is 0 Å². The number of amides is 1. The van der Waals surface area contributed by atoms with Crippen molar-refractivity contribution in [3.63, 3.8) is 0 Å². The highest BCUT2D eigenvalue weighted by atomic mass is 16.5. The van der Waals surface area contributed by atoms with Gasteiger partial charge in [-0.25, -0.2) is 0 Å². The van der Waals surface area contributed by atoms with Crippen LogP contribution in [-0.4, -0.2) is 32.2 Å². The molecule has 3 atom stereocenters. The Hall–Kier alpha value is -0.610. The van der Waals surface area contributed by atoms with E-state index in [4.69, 9.17) is 10.5 Å². The third kappa shape index (κ3) is 5.74. The average molecular weight is 216 g/mol. The van der Waals surface area contributed by atoms with Gasteiger partial charge in [0.2, 0.25) is 5.91 Å². The highest BCUT2D eigenvalue weighted by Gasteiger charge is 2.19. The number of nitrogens with two attached hydrogens (primary N) is 1. The number of nitrogens with one attached hydrogen (secondary N) is 1. The predicted molar refractivity (Wildman–Crippen MR) is 61.5 cm³/mol. The second kappa shape index (κ2) is 7.65. The van der Waals surface area contributed by atoms with Crippen molar-refractivity contribution in [2.24, 2.45) is 17.6 Å². The molecule has 0 radical (unpaired) electrons. The van der Waals surface area contributed by atoms with Gasteiger partial charge in [0.1, 0.15) is 0 Å². The molecule has 4 nitrogen and oxygen atoms in total. The van der Waals surface area contributed by atoms with Crippen molar-refractivity contribution < 1.29 is 9.53 Å². The van der Waals surface area contributed by atoms with Gasteiger partial charge in [0, 0.05) is 13.7 Å². The number of ether oxygens (including phenoxy) is 1. The van der Waals surface area contributed by atoms with Gasteiger partial charge in [-0.2, -0.15) is 0 Å². The average Bonchev–Trinajstić information content (AvgIpc) is 2.24. The molecule has 0 bridgehead atoms. The lowest BCUT2D eigenvalue weighted by atomic mass is 9.99. The molecule has 0 spiro atoms. The molecular weight excluding hydrogens is 192 g/mol. The Balaban J connectivity index is 3.82. The number of methoxy groups -OCH3 is 1. The van der Waals surface area contributed by atoms with Crippen LogP contribution in [-0.2, 0) is 9.53 Å². The molecule has 0 aliphatic carbocycles. The first-order chi connectivity index (χ1) is 7.02. The maximum absolute atomic E-state index is 11.6. The van der Waals surface area contributed by atoms with Crippen LogP contribution in [0.25, 0.3) is 0 Å². The van der Waals surface area contributed by atoms with Crippen molar-refractivity contribution in [3.05, 3.63) is 0 Å². The predicted octanol–water partition coefficient (Wildman–Crippen LogP) is 0.759. The lowest BCUT2D eigenvalue weighted by Gasteiger charge is -2.19. The summed E-state index contributed by atoms with van der Waals surface area (Å²) in [4.78, 5) is 11.6. The topological polar surface area (TPSA) is 64.4 Å². The zero-order chi connectivity index (χ0) is 11.8. The Kier molecular flexibility index (Phi) is 7.34. The number of carbonyl (C=O) groups is 1. The van der Waals surface area contributed by atoms with Crippen molar-refractivity contribution >= 4 is 5.91 Å². The minimum atomic E-state index is -0.398. The van der Waals surface area contributed by atoms with Crippen LogP contribution < -0.4 is 11.1 Å². The Morgan fingerprint density at radius 2 is 2.07 bits per heavy atom. The molecule has 1 amide bonds. The van der Waals surface area contributed by atoms with Crippen LogP contribution in [0.1, 0.15) is 27.2 Å². The first-order valence-corrected chi connectivity index (χ1v) is 5.55. The molecule has 0 aliphatic rings. The fourth-order valence-corrected chi connectivity index (χ4v) is 1.25. The van der Waals surface area contributed by atoms with Gasteiger partial charge in [-0.3, -0.25) is 4.79 Å². The van der Waals surface area contributed by atoms with Gasteiger partial charge in [0.25, 0.3) is 0 Å². The van der Waals surface area contributed by atoms with E-state index in [1.54, 1.807) is 7.11 Å². The van der Waals surface area contributed by atoms with Crippen LogP contribution in [0.2, 0.25) is 0 Å². The highest BCUT2D eigenvalue weighted by Crippen LogP contribution is 2.05. The molecule has 0 saturated heterocycles. The molecule has 0 heterocycles. The summed E-state index contributed by atoms with van der Waals surface area (Å²) in [5.74, 6) is 0.484. The number of hydrogen-bond acceptors (Lipinski definition) is 3. The Morgan fingerprint density at radius 1 is 1.47 bits per heavy atom. The fraction of sp³-hybridized carbons (Fsp3) is 0.909. The van der Waals surface area contributed by atoms with Crippen LogP contribution in [0.3, 0.4) is 0 Å². The normalized spacial score (nSPS) is 16.9. The second-order valence-electron chi connectivity index (χ2n) is 4.22. The summed E-state index contributed by atoms with van der Waals surface area (Å²) in [5.41, 5.74) is 5.79. The zero-order valence-corrected chi connectivity index (χ0v) is 10.2. The molecule has 0 aromatic heterocycles. The standard InChI is InChI=1S/C11H24N2O2/c1-5-9(3)10(12)11(14)13-6-8(2)7-15-4/h8-10H,5-7,12H2,1-4H3,(H,13,14)/t8?,9-,10-/m0/s1. The lowest BCUT2D eigenvalue weighted by molar-refractivity contribution is -0.123. The molecule has 4 heteroatoms. The van der Waals surface area contributed by atoms with Crippen LogP contribution in [0, 0.1) is 11.8 Å². The van der Waals surface area contributed by atoms with Crippen molar-refractivity contribution in [2.45, 2.75) is 33.2 Å². The van der Waals surface area contributed by atoms with E-state index in [2.05, 4.69) is 5.32 Å². The van der Waals surface area contributed by atoms with E-state index < -0.39 is 6.04 Å². The van der Waals surface area contributed by atoms with Gasteiger partial charge in [0.15, 0.2) is 0 Å². The fourth-order valence-electron chi connectivity index (χ4n) is 1.25. The molecule has 0 aromatic carbocycles. The maximum Gasteiger partial charge on any atom is 0.237 e. The molecule has 0 fully saturated rings. The summed E-state index contributed by atoms with van der Waals surface area (Å²) < 4.78 is 4.98. The Morgan fingerprint density at radius 3 is 2.53 bits per heavy atom. The lowest BCUT2D eigenvalue weighted by Crippen LogP contribution is -2.46. The summed E-state index contributed by atoms with van der Waals surface area (Å²) in [6.45, 7) is 7.32. The maximum atomic E-state index is 11.6. The zero-order valence-electron chi connectivity index (χ0n) is 10.2. The molecule has 0 aliphatic heterocycles. The summed E-state index contributed by atoms with van der Waals surface area (Å²) >= 11 is 0. The third-order valence-corrected chi connectivity index (χ3v) is 2.64. The first-order valence-electron chi connectivity index (χ1n) is 5.55. The van der Waals surface area contributed by atoms with Crippen molar-refractivity contribution in [1.29, 1.82) is 0 Å². The van der Waals surface area contributed by atoms with Gasteiger partial charge in [0.05, 0.1) is 12.6 Å². The Labute approximate surface area is 92.6 Å². The Bertz CT molecular complexity index is 185. The molecule has 0 saturated carbocycles. The van der Waals surface area contributed by atoms with E-state index in [1.165, 1.54) is 0 Å². The van der Waals surface area contributed by atoms with Gasteiger partial charge in [-0.15, -0.1) is 0 Å². The quantitative estimate of drug-likeness (QED) is 0.660. The summed E-state index contributed by atoms with van der Waals surface area (Å²) in [6, 6.07) is -0.398. The van der Waals surface area contributed by atoms with E-state index in [0.717, 1.165) is 6.42 Å². The van der Waals surface area contributed by atoms with E-state index in [1.807, 2.05) is 20.8 Å². The van der Waals surface area contributed by atoms with Crippen molar-refractivity contribution in [2.75, 3.05) is 20.3 Å². The largest absolute Gasteiger partial charge is 0.384 e. The van der Waals surface area contributed by atoms with Crippen molar-refractivity contribution in [1.82, 2.24) is 5.32 Å². The van der Waals surface area contributed by atoms with Gasteiger partial charge in [-0.1, -0.05) is 27.2 Å². The third-order valence-electron chi connectivity index (χ3n) is 2.64. The second-order valence-corrected chi connectivity index (χ2v) is 4.22. The monoisotopic (exact) mass is 216 g/mol. The van der Waals surface area contributed by atoms with Crippen LogP contribution in [0.4, 0.5) is 0 Å². The van der Waals surface area contributed by atoms with Crippen molar-refractivity contribution in [3.8, 4) is 0 Å². The van der Waals surface area contributed by atoms with Gasteiger partial charge >= 0.3 is 0 Å². The van der Waals surface area contributed by atoms with E-state index in [-0.39, 0.29) is 11.8 Å². The van der Waals surface area contributed by atoms with E-state index in [9.17, 15) is 4.79 Å². The molecule has 15 heavy (non-hydrogen) atoms. The number of rotatable bonds is 7. The molecule has 1 unspecified atom stereocenters. The molecule has 90 valence electrons. The van der Waals surface area contributed by atoms with Crippen LogP contribution in [0.15, 0.2) is 0 Å². The van der Waals surface area contributed by atoms with Gasteiger partial charge < -0.3 is 15.8 Å². The summed E-state index contributed by atoms with van der Waals surface area (Å²) in [5, 5.41) is 2.84. The molecule has 0 rings (SSSR count).